The summed E-state index contributed by atoms with van der Waals surface area (Å²) in [7, 11) is 0. The number of hydrogen-bond donors (Lipinski definition) is 1. The Morgan fingerprint density at radius 2 is 2.15 bits per heavy atom. The van der Waals surface area contributed by atoms with Crippen LogP contribution in [0.2, 0.25) is 5.02 Å². The first kappa shape index (κ1) is 10.5. The molecular formula is C10H13ClFN. The summed E-state index contributed by atoms with van der Waals surface area (Å²) in [6.07, 6.45) is 0.646. The monoisotopic (exact) mass is 201 g/mol. The molecule has 1 atom stereocenters. The molecule has 0 radical (unpaired) electrons. The molecule has 0 saturated heterocycles. The molecule has 0 aliphatic carbocycles. The molecule has 0 aromatic heterocycles. The van der Waals surface area contributed by atoms with Crippen LogP contribution < -0.4 is 5.73 Å². The van der Waals surface area contributed by atoms with E-state index in [0.29, 0.717) is 17.0 Å². The standard InChI is InChI=1S/C10H13ClFN/c1-3-10(2,13)9-7(11)5-4-6-8(9)12/h4-6H,3,13H2,1-2H3/t10-/m0/s1. The third kappa shape index (κ3) is 2.01. The fraction of sp³-hybridized carbons (Fsp3) is 0.400. The normalized spacial score (nSPS) is 15.5. The van der Waals surface area contributed by atoms with Gasteiger partial charge in [0.25, 0.3) is 0 Å². The van der Waals surface area contributed by atoms with E-state index in [1.807, 2.05) is 6.92 Å². The van der Waals surface area contributed by atoms with Gasteiger partial charge in [0.1, 0.15) is 5.82 Å². The van der Waals surface area contributed by atoms with E-state index in [1.54, 1.807) is 19.1 Å². The van der Waals surface area contributed by atoms with Crippen LogP contribution >= 0.6 is 11.6 Å². The molecule has 2 N–H and O–H groups in total. The largest absolute Gasteiger partial charge is 0.321 e. The predicted octanol–water partition coefficient (Wildman–Crippen LogP) is 3.06. The Morgan fingerprint density at radius 3 is 2.62 bits per heavy atom. The summed E-state index contributed by atoms with van der Waals surface area (Å²) in [6, 6.07) is 4.61. The molecule has 72 valence electrons. The molecule has 0 fully saturated rings. The summed E-state index contributed by atoms with van der Waals surface area (Å²) >= 11 is 5.87. The number of halogens is 2. The van der Waals surface area contributed by atoms with E-state index in [4.69, 9.17) is 17.3 Å². The molecule has 0 amide bonds. The van der Waals surface area contributed by atoms with Gasteiger partial charge in [-0.15, -0.1) is 0 Å². The quantitative estimate of drug-likeness (QED) is 0.782. The molecule has 3 heteroatoms. The summed E-state index contributed by atoms with van der Waals surface area (Å²) < 4.78 is 13.4. The molecule has 1 rings (SSSR count). The molecule has 0 aliphatic heterocycles. The molecule has 0 aliphatic rings. The van der Waals surface area contributed by atoms with E-state index in [-0.39, 0.29) is 5.82 Å². The average Bonchev–Trinajstić information content (AvgIpc) is 2.03. The van der Waals surface area contributed by atoms with Gasteiger partial charge in [-0.05, 0) is 25.5 Å². The fourth-order valence-electron chi connectivity index (χ4n) is 1.22. The lowest BCUT2D eigenvalue weighted by molar-refractivity contribution is 0.446. The topological polar surface area (TPSA) is 26.0 Å². The van der Waals surface area contributed by atoms with Crippen molar-refractivity contribution in [1.82, 2.24) is 0 Å². The van der Waals surface area contributed by atoms with Gasteiger partial charge < -0.3 is 5.73 Å². The van der Waals surface area contributed by atoms with Crippen molar-refractivity contribution in [2.24, 2.45) is 5.73 Å². The molecule has 1 aromatic rings. The minimum atomic E-state index is -0.692. The van der Waals surface area contributed by atoms with Crippen LogP contribution in [0.15, 0.2) is 18.2 Å². The van der Waals surface area contributed by atoms with Gasteiger partial charge in [-0.1, -0.05) is 24.6 Å². The lowest BCUT2D eigenvalue weighted by atomic mass is 9.90. The van der Waals surface area contributed by atoms with Crippen LogP contribution in [0.4, 0.5) is 4.39 Å². The van der Waals surface area contributed by atoms with E-state index in [2.05, 4.69) is 0 Å². The first-order valence-electron chi connectivity index (χ1n) is 4.22. The molecule has 0 saturated carbocycles. The lowest BCUT2D eigenvalue weighted by Crippen LogP contribution is -2.33. The van der Waals surface area contributed by atoms with Crippen LogP contribution in [-0.4, -0.2) is 0 Å². The van der Waals surface area contributed by atoms with E-state index >= 15 is 0 Å². The Bertz CT molecular complexity index is 290. The third-order valence-electron chi connectivity index (χ3n) is 2.27. The van der Waals surface area contributed by atoms with Crippen molar-refractivity contribution in [2.45, 2.75) is 25.8 Å². The Hall–Kier alpha value is -0.600. The molecule has 0 spiro atoms. The average molecular weight is 202 g/mol. The molecule has 0 heterocycles. The van der Waals surface area contributed by atoms with E-state index < -0.39 is 5.54 Å². The van der Waals surface area contributed by atoms with Crippen molar-refractivity contribution in [2.75, 3.05) is 0 Å². The zero-order valence-electron chi connectivity index (χ0n) is 7.77. The lowest BCUT2D eigenvalue weighted by Gasteiger charge is -2.24. The number of hydrogen-bond acceptors (Lipinski definition) is 1. The number of nitrogens with two attached hydrogens (primary N) is 1. The van der Waals surface area contributed by atoms with Gasteiger partial charge in [0.15, 0.2) is 0 Å². The molecule has 13 heavy (non-hydrogen) atoms. The second kappa shape index (κ2) is 3.64. The van der Waals surface area contributed by atoms with Crippen LogP contribution in [-0.2, 0) is 5.54 Å². The van der Waals surface area contributed by atoms with Crippen LogP contribution in [0.3, 0.4) is 0 Å². The maximum absolute atomic E-state index is 13.4. The summed E-state index contributed by atoms with van der Waals surface area (Å²) in [5.41, 5.74) is 5.62. The maximum Gasteiger partial charge on any atom is 0.129 e. The molecule has 1 nitrogen and oxygen atoms in total. The first-order valence-corrected chi connectivity index (χ1v) is 4.60. The summed E-state index contributed by atoms with van der Waals surface area (Å²) in [4.78, 5) is 0. The van der Waals surface area contributed by atoms with Crippen molar-refractivity contribution >= 4 is 11.6 Å². The van der Waals surface area contributed by atoms with Crippen molar-refractivity contribution in [3.63, 3.8) is 0 Å². The van der Waals surface area contributed by atoms with E-state index in [1.165, 1.54) is 6.07 Å². The fourth-order valence-corrected chi connectivity index (χ4v) is 1.60. The Labute approximate surface area is 82.7 Å². The first-order chi connectivity index (χ1) is 5.99. The van der Waals surface area contributed by atoms with Gasteiger partial charge in [-0.25, -0.2) is 4.39 Å². The molecule has 1 aromatic carbocycles. The smallest absolute Gasteiger partial charge is 0.129 e. The van der Waals surface area contributed by atoms with Crippen molar-refractivity contribution in [3.05, 3.63) is 34.6 Å². The Kier molecular flexibility index (Phi) is 2.94. The van der Waals surface area contributed by atoms with Crippen LogP contribution in [0.5, 0.6) is 0 Å². The number of benzene rings is 1. The van der Waals surface area contributed by atoms with Crippen molar-refractivity contribution in [1.29, 1.82) is 0 Å². The number of rotatable bonds is 2. The van der Waals surface area contributed by atoms with E-state index in [0.717, 1.165) is 0 Å². The molecular weight excluding hydrogens is 189 g/mol. The van der Waals surface area contributed by atoms with Gasteiger partial charge in [0.2, 0.25) is 0 Å². The van der Waals surface area contributed by atoms with Crippen molar-refractivity contribution in [3.8, 4) is 0 Å². The minimum absolute atomic E-state index is 0.334. The summed E-state index contributed by atoms with van der Waals surface area (Å²) in [6.45, 7) is 3.68. The highest BCUT2D eigenvalue weighted by atomic mass is 35.5. The Morgan fingerprint density at radius 1 is 1.54 bits per heavy atom. The SMILES string of the molecule is CC[C@](C)(N)c1c(F)cccc1Cl. The second-order valence-electron chi connectivity index (χ2n) is 3.37. The molecule has 0 unspecified atom stereocenters. The highest BCUT2D eigenvalue weighted by molar-refractivity contribution is 6.31. The molecule has 0 bridgehead atoms. The van der Waals surface area contributed by atoms with Crippen LogP contribution in [0, 0.1) is 5.82 Å². The van der Waals surface area contributed by atoms with E-state index in [9.17, 15) is 4.39 Å². The van der Waals surface area contributed by atoms with Gasteiger partial charge in [-0.2, -0.15) is 0 Å². The summed E-state index contributed by atoms with van der Waals surface area (Å²) in [5.74, 6) is -0.334. The zero-order chi connectivity index (χ0) is 10.1. The predicted molar refractivity (Wildman–Crippen MR) is 53.2 cm³/mol. The minimum Gasteiger partial charge on any atom is -0.321 e. The van der Waals surface area contributed by atoms with Crippen molar-refractivity contribution < 1.29 is 4.39 Å². The highest BCUT2D eigenvalue weighted by Gasteiger charge is 2.25. The highest BCUT2D eigenvalue weighted by Crippen LogP contribution is 2.30. The second-order valence-corrected chi connectivity index (χ2v) is 3.77. The van der Waals surface area contributed by atoms with Crippen LogP contribution in [0.1, 0.15) is 25.8 Å². The van der Waals surface area contributed by atoms with Crippen LogP contribution in [0.25, 0.3) is 0 Å². The summed E-state index contributed by atoms with van der Waals surface area (Å²) in [5, 5.41) is 0.395. The zero-order valence-corrected chi connectivity index (χ0v) is 8.53. The third-order valence-corrected chi connectivity index (χ3v) is 2.58. The Balaban J connectivity index is 3.28. The maximum atomic E-state index is 13.4. The van der Waals surface area contributed by atoms with Gasteiger partial charge in [0, 0.05) is 16.1 Å². The van der Waals surface area contributed by atoms with Gasteiger partial charge >= 0.3 is 0 Å². The van der Waals surface area contributed by atoms with Gasteiger partial charge in [-0.3, -0.25) is 0 Å². The van der Waals surface area contributed by atoms with Gasteiger partial charge in [0.05, 0.1) is 0 Å².